The molecule has 1 aliphatic rings. The van der Waals surface area contributed by atoms with E-state index in [1.807, 2.05) is 30.3 Å². The van der Waals surface area contributed by atoms with Crippen LogP contribution in [0.1, 0.15) is 40.5 Å². The fraction of sp³-hybridized carbons (Fsp3) is 0.238. The molecule has 1 aromatic heterocycles. The number of fused-ring (bicyclic) bond motifs is 1. The lowest BCUT2D eigenvalue weighted by Gasteiger charge is -2.26. The molecule has 1 aliphatic carbocycles. The van der Waals surface area contributed by atoms with E-state index in [4.69, 9.17) is 4.74 Å². The van der Waals surface area contributed by atoms with E-state index in [1.54, 1.807) is 13.2 Å². The molecule has 0 saturated heterocycles. The quantitative estimate of drug-likeness (QED) is 0.752. The predicted molar refractivity (Wildman–Crippen MR) is 100 cm³/mol. The van der Waals surface area contributed by atoms with Crippen LogP contribution in [-0.2, 0) is 6.42 Å². The standard InChI is InChI=1S/C21H21N3O2/c1-26-16-9-4-8-15(12-16)19-13-20(24-23-19)21(25)22-18-11-5-7-14-6-2-3-10-17(14)18/h2-4,6,8-10,12-13,18H,5,7,11H2,1H3,(H,22,25)(H,23,24)/t18-/m1/s1. The van der Waals surface area contributed by atoms with Gasteiger partial charge in [0.05, 0.1) is 18.8 Å². The molecule has 0 aliphatic heterocycles. The molecule has 1 atom stereocenters. The summed E-state index contributed by atoms with van der Waals surface area (Å²) in [4.78, 5) is 12.7. The third kappa shape index (κ3) is 3.20. The highest BCUT2D eigenvalue weighted by molar-refractivity contribution is 5.93. The molecule has 2 aromatic carbocycles. The Morgan fingerprint density at radius 3 is 2.96 bits per heavy atom. The van der Waals surface area contributed by atoms with E-state index in [-0.39, 0.29) is 11.9 Å². The highest BCUT2D eigenvalue weighted by Crippen LogP contribution is 2.30. The summed E-state index contributed by atoms with van der Waals surface area (Å²) < 4.78 is 5.25. The molecule has 0 bridgehead atoms. The number of carbonyl (C=O) groups excluding carboxylic acids is 1. The maximum atomic E-state index is 12.7. The molecule has 1 amide bonds. The Labute approximate surface area is 152 Å². The summed E-state index contributed by atoms with van der Waals surface area (Å²) >= 11 is 0. The number of amides is 1. The average Bonchev–Trinajstić information content (AvgIpc) is 3.19. The fourth-order valence-electron chi connectivity index (χ4n) is 3.51. The van der Waals surface area contributed by atoms with Crippen molar-refractivity contribution in [2.45, 2.75) is 25.3 Å². The number of methoxy groups -OCH3 is 1. The summed E-state index contributed by atoms with van der Waals surface area (Å²) in [5, 5.41) is 10.3. The van der Waals surface area contributed by atoms with E-state index in [9.17, 15) is 4.79 Å². The van der Waals surface area contributed by atoms with Gasteiger partial charge in [-0.3, -0.25) is 9.89 Å². The maximum Gasteiger partial charge on any atom is 0.269 e. The summed E-state index contributed by atoms with van der Waals surface area (Å²) in [7, 11) is 1.63. The first-order valence-corrected chi connectivity index (χ1v) is 8.83. The number of aryl methyl sites for hydroxylation is 1. The van der Waals surface area contributed by atoms with Crippen molar-refractivity contribution < 1.29 is 9.53 Å². The highest BCUT2D eigenvalue weighted by atomic mass is 16.5. The van der Waals surface area contributed by atoms with Crippen LogP contribution in [0.15, 0.2) is 54.6 Å². The van der Waals surface area contributed by atoms with E-state index < -0.39 is 0 Å². The number of hydrogen-bond acceptors (Lipinski definition) is 3. The minimum Gasteiger partial charge on any atom is -0.497 e. The highest BCUT2D eigenvalue weighted by Gasteiger charge is 2.22. The van der Waals surface area contributed by atoms with Crippen molar-refractivity contribution in [1.82, 2.24) is 15.5 Å². The molecule has 0 saturated carbocycles. The van der Waals surface area contributed by atoms with E-state index in [1.165, 1.54) is 11.1 Å². The van der Waals surface area contributed by atoms with Crippen LogP contribution in [-0.4, -0.2) is 23.2 Å². The summed E-state index contributed by atoms with van der Waals surface area (Å²) in [6.45, 7) is 0. The SMILES string of the molecule is COc1cccc(-c2cc(C(=O)N[C@@H]3CCCc4ccccc43)[nH]n2)c1. The molecular formula is C21H21N3O2. The molecular weight excluding hydrogens is 326 g/mol. The maximum absolute atomic E-state index is 12.7. The second-order valence-corrected chi connectivity index (χ2v) is 6.52. The molecule has 132 valence electrons. The van der Waals surface area contributed by atoms with E-state index >= 15 is 0 Å². The predicted octanol–water partition coefficient (Wildman–Crippen LogP) is 3.89. The van der Waals surface area contributed by atoms with Gasteiger partial charge in [-0.25, -0.2) is 0 Å². The number of benzene rings is 2. The Bertz CT molecular complexity index is 932. The van der Waals surface area contributed by atoms with Crippen LogP contribution in [0.2, 0.25) is 0 Å². The van der Waals surface area contributed by atoms with Crippen LogP contribution < -0.4 is 10.1 Å². The van der Waals surface area contributed by atoms with Gasteiger partial charge >= 0.3 is 0 Å². The van der Waals surface area contributed by atoms with Crippen molar-refractivity contribution in [1.29, 1.82) is 0 Å². The second-order valence-electron chi connectivity index (χ2n) is 6.52. The van der Waals surface area contributed by atoms with Crippen molar-refractivity contribution >= 4 is 5.91 Å². The Hall–Kier alpha value is -3.08. The number of aromatic amines is 1. The van der Waals surface area contributed by atoms with Gasteiger partial charge in [0, 0.05) is 5.56 Å². The molecule has 4 rings (SSSR count). The van der Waals surface area contributed by atoms with Crippen molar-refractivity contribution in [2.75, 3.05) is 7.11 Å². The zero-order valence-electron chi connectivity index (χ0n) is 14.7. The Kier molecular flexibility index (Phi) is 4.44. The third-order valence-electron chi connectivity index (χ3n) is 4.86. The van der Waals surface area contributed by atoms with Crippen molar-refractivity contribution in [2.24, 2.45) is 0 Å². The number of rotatable bonds is 4. The van der Waals surface area contributed by atoms with Crippen molar-refractivity contribution in [3.05, 3.63) is 71.4 Å². The smallest absolute Gasteiger partial charge is 0.269 e. The van der Waals surface area contributed by atoms with E-state index in [2.05, 4.69) is 33.7 Å². The van der Waals surface area contributed by atoms with Gasteiger partial charge in [0.2, 0.25) is 0 Å². The lowest BCUT2D eigenvalue weighted by atomic mass is 9.87. The minimum absolute atomic E-state index is 0.0519. The van der Waals surface area contributed by atoms with Crippen LogP contribution in [0.3, 0.4) is 0 Å². The molecule has 26 heavy (non-hydrogen) atoms. The van der Waals surface area contributed by atoms with Gasteiger partial charge in [0.25, 0.3) is 5.91 Å². The molecule has 0 unspecified atom stereocenters. The lowest BCUT2D eigenvalue weighted by molar-refractivity contribution is 0.0927. The molecule has 5 heteroatoms. The number of carbonyl (C=O) groups is 1. The molecule has 5 nitrogen and oxygen atoms in total. The number of ether oxygens (including phenoxy) is 1. The first kappa shape index (κ1) is 16.4. The molecule has 0 spiro atoms. The Morgan fingerprint density at radius 2 is 2.08 bits per heavy atom. The van der Waals surface area contributed by atoms with Crippen LogP contribution >= 0.6 is 0 Å². The summed E-state index contributed by atoms with van der Waals surface area (Å²) in [6.07, 6.45) is 3.12. The number of H-pyrrole nitrogens is 1. The van der Waals surface area contributed by atoms with Gasteiger partial charge in [0.15, 0.2) is 0 Å². The van der Waals surface area contributed by atoms with E-state index in [0.29, 0.717) is 5.69 Å². The normalized spacial score (nSPS) is 16.0. The van der Waals surface area contributed by atoms with Gasteiger partial charge in [-0.15, -0.1) is 0 Å². The summed E-state index contributed by atoms with van der Waals surface area (Å²) in [5.74, 6) is 0.628. The topological polar surface area (TPSA) is 67.0 Å². The lowest BCUT2D eigenvalue weighted by Crippen LogP contribution is -2.31. The van der Waals surface area contributed by atoms with Crippen LogP contribution in [0.25, 0.3) is 11.3 Å². The molecule has 3 aromatic rings. The van der Waals surface area contributed by atoms with Gasteiger partial charge < -0.3 is 10.1 Å². The van der Waals surface area contributed by atoms with Gasteiger partial charge in [-0.05, 0) is 48.6 Å². The zero-order valence-corrected chi connectivity index (χ0v) is 14.7. The first-order chi connectivity index (χ1) is 12.7. The first-order valence-electron chi connectivity index (χ1n) is 8.83. The second kappa shape index (κ2) is 7.04. The Morgan fingerprint density at radius 1 is 1.19 bits per heavy atom. The van der Waals surface area contributed by atoms with Gasteiger partial charge in [-0.2, -0.15) is 5.10 Å². The minimum atomic E-state index is -0.131. The van der Waals surface area contributed by atoms with Crippen LogP contribution in [0.4, 0.5) is 0 Å². The zero-order chi connectivity index (χ0) is 17.9. The van der Waals surface area contributed by atoms with E-state index in [0.717, 1.165) is 36.3 Å². The van der Waals surface area contributed by atoms with Gasteiger partial charge in [-0.1, -0.05) is 36.4 Å². The number of nitrogens with zero attached hydrogens (tertiary/aromatic N) is 1. The molecule has 1 heterocycles. The Balaban J connectivity index is 1.52. The summed E-state index contributed by atoms with van der Waals surface area (Å²) in [6, 6.07) is 17.8. The van der Waals surface area contributed by atoms with Gasteiger partial charge in [0.1, 0.15) is 11.4 Å². The van der Waals surface area contributed by atoms with Crippen LogP contribution in [0.5, 0.6) is 5.75 Å². The molecule has 2 N–H and O–H groups in total. The third-order valence-corrected chi connectivity index (χ3v) is 4.86. The van der Waals surface area contributed by atoms with Crippen molar-refractivity contribution in [3.8, 4) is 17.0 Å². The monoisotopic (exact) mass is 347 g/mol. The summed E-state index contributed by atoms with van der Waals surface area (Å²) in [5.41, 5.74) is 4.64. The number of nitrogens with one attached hydrogen (secondary N) is 2. The fourth-order valence-corrected chi connectivity index (χ4v) is 3.51. The molecule has 0 radical (unpaired) electrons. The largest absolute Gasteiger partial charge is 0.497 e. The van der Waals surface area contributed by atoms with Crippen molar-refractivity contribution in [3.63, 3.8) is 0 Å². The van der Waals surface area contributed by atoms with Crippen LogP contribution in [0, 0.1) is 0 Å². The molecule has 0 fully saturated rings. The average molecular weight is 347 g/mol. The number of aromatic nitrogens is 2. The number of hydrogen-bond donors (Lipinski definition) is 2.